The standard InChI is InChI=1S/C17H15N5O7S/c18-13-9-14(20-6-19-13)22(7-21-9)15-11(24)10(23)12(28-15)17(30(26)27)29-16(25)8-4-2-1-3-5-8/h1-7,10-11,15,23-24H,(H,26,27)(H2,18,19,20)/p-1/t10-,11+,15+/m0/s1. The molecule has 30 heavy (non-hydrogen) atoms. The molecule has 1 saturated heterocycles. The average Bonchev–Trinajstić information content (AvgIpc) is 3.29. The van der Waals surface area contributed by atoms with Crippen LogP contribution in [0.2, 0.25) is 0 Å². The predicted octanol–water partition coefficient (Wildman–Crippen LogP) is -0.436. The highest BCUT2D eigenvalue weighted by Crippen LogP contribution is 2.36. The number of aliphatic hydroxyl groups is 2. The van der Waals surface area contributed by atoms with Gasteiger partial charge in [-0.2, -0.15) is 0 Å². The van der Waals surface area contributed by atoms with Crippen LogP contribution in [0.25, 0.3) is 11.2 Å². The number of nitrogens with two attached hydrogens (primary N) is 1. The van der Waals surface area contributed by atoms with Gasteiger partial charge < -0.3 is 30.0 Å². The van der Waals surface area contributed by atoms with E-state index in [0.717, 1.165) is 0 Å². The van der Waals surface area contributed by atoms with Crippen molar-refractivity contribution in [3.63, 3.8) is 0 Å². The molecule has 1 fully saturated rings. The van der Waals surface area contributed by atoms with Crippen molar-refractivity contribution in [2.75, 3.05) is 5.73 Å². The van der Waals surface area contributed by atoms with Crippen LogP contribution in [0.1, 0.15) is 16.6 Å². The Kier molecular flexibility index (Phi) is 5.17. The number of nitrogens with zero attached hydrogens (tertiary/aromatic N) is 4. The third-order valence-electron chi connectivity index (χ3n) is 4.34. The number of rotatable bonds is 4. The average molecular weight is 432 g/mol. The Hall–Kier alpha value is -3.39. The lowest BCUT2D eigenvalue weighted by Gasteiger charge is -2.17. The van der Waals surface area contributed by atoms with E-state index >= 15 is 0 Å². The first-order valence-electron chi connectivity index (χ1n) is 8.45. The van der Waals surface area contributed by atoms with Gasteiger partial charge in [-0.3, -0.25) is 8.78 Å². The number of aromatic nitrogens is 4. The minimum absolute atomic E-state index is 0.0819. The van der Waals surface area contributed by atoms with E-state index in [-0.39, 0.29) is 22.5 Å². The summed E-state index contributed by atoms with van der Waals surface area (Å²) >= 11 is -3.10. The lowest BCUT2D eigenvalue weighted by Crippen LogP contribution is -2.28. The molecule has 0 bridgehead atoms. The third-order valence-corrected chi connectivity index (χ3v) is 4.93. The van der Waals surface area contributed by atoms with Crippen LogP contribution < -0.4 is 5.73 Å². The molecule has 0 saturated carbocycles. The Morgan fingerprint density at radius 3 is 2.67 bits per heavy atom. The van der Waals surface area contributed by atoms with E-state index in [1.165, 1.54) is 29.4 Å². The Morgan fingerprint density at radius 1 is 1.23 bits per heavy atom. The van der Waals surface area contributed by atoms with Crippen LogP contribution in [0, 0.1) is 0 Å². The number of hydrogen-bond acceptors (Lipinski definition) is 11. The maximum Gasteiger partial charge on any atom is 0.344 e. The lowest BCUT2D eigenvalue weighted by molar-refractivity contribution is -0.0123. The van der Waals surface area contributed by atoms with Gasteiger partial charge in [0.25, 0.3) is 0 Å². The van der Waals surface area contributed by atoms with Gasteiger partial charge in [0, 0.05) is 11.1 Å². The number of fused-ring (bicyclic) bond motifs is 1. The number of nitrogen functional groups attached to an aromatic ring is 1. The quantitative estimate of drug-likeness (QED) is 0.276. The molecule has 13 heteroatoms. The highest BCUT2D eigenvalue weighted by molar-refractivity contribution is 7.83. The van der Waals surface area contributed by atoms with Gasteiger partial charge in [0.05, 0.1) is 5.56 Å². The monoisotopic (exact) mass is 432 g/mol. The molecule has 0 aliphatic carbocycles. The number of benzene rings is 1. The molecule has 0 radical (unpaired) electrons. The highest BCUT2D eigenvalue weighted by Gasteiger charge is 2.44. The second-order valence-corrected chi connectivity index (χ2v) is 7.01. The van der Waals surface area contributed by atoms with Gasteiger partial charge in [-0.15, -0.1) is 0 Å². The van der Waals surface area contributed by atoms with Crippen molar-refractivity contribution in [1.29, 1.82) is 0 Å². The Balaban J connectivity index is 1.70. The van der Waals surface area contributed by atoms with Crippen molar-refractivity contribution in [1.82, 2.24) is 19.5 Å². The third kappa shape index (κ3) is 3.39. The molecule has 3 aromatic rings. The van der Waals surface area contributed by atoms with Crippen molar-refractivity contribution in [2.24, 2.45) is 0 Å². The van der Waals surface area contributed by atoms with Crippen LogP contribution in [0.4, 0.5) is 5.82 Å². The van der Waals surface area contributed by atoms with Gasteiger partial charge in [-0.25, -0.2) is 19.7 Å². The van der Waals surface area contributed by atoms with Crippen molar-refractivity contribution in [3.05, 3.63) is 59.4 Å². The number of hydrogen-bond donors (Lipinski definition) is 3. The van der Waals surface area contributed by atoms with Gasteiger partial charge in [-0.1, -0.05) is 18.2 Å². The van der Waals surface area contributed by atoms with Crippen molar-refractivity contribution < 1.29 is 33.2 Å². The molecule has 1 aromatic carbocycles. The molecule has 1 unspecified atom stereocenters. The summed E-state index contributed by atoms with van der Waals surface area (Å²) in [6.07, 6.45) is -2.33. The molecule has 4 N–H and O–H groups in total. The van der Waals surface area contributed by atoms with E-state index in [1.807, 2.05) is 0 Å². The summed E-state index contributed by atoms with van der Waals surface area (Å²) in [5, 5.41) is 19.9. The van der Waals surface area contributed by atoms with Crippen LogP contribution in [0.5, 0.6) is 0 Å². The van der Waals surface area contributed by atoms with Crippen LogP contribution in [0.15, 0.2) is 53.8 Å². The molecular weight excluding hydrogens is 418 g/mol. The van der Waals surface area contributed by atoms with E-state index in [0.29, 0.717) is 0 Å². The zero-order chi connectivity index (χ0) is 21.4. The Morgan fingerprint density at radius 2 is 1.97 bits per heavy atom. The lowest BCUT2D eigenvalue weighted by atomic mass is 10.2. The van der Waals surface area contributed by atoms with E-state index in [4.69, 9.17) is 15.2 Å². The number of carbonyl (C=O) groups excluding carboxylic acids is 1. The van der Waals surface area contributed by atoms with E-state index in [2.05, 4.69) is 15.0 Å². The first-order valence-corrected chi connectivity index (χ1v) is 9.52. The normalized spacial score (nSPS) is 23.8. The van der Waals surface area contributed by atoms with Gasteiger partial charge >= 0.3 is 5.97 Å². The van der Waals surface area contributed by atoms with E-state index in [9.17, 15) is 23.8 Å². The maximum atomic E-state index is 12.3. The number of esters is 1. The first kappa shape index (κ1) is 19.9. The molecule has 4 atom stereocenters. The molecule has 2 aromatic heterocycles. The summed E-state index contributed by atoms with van der Waals surface area (Å²) in [4.78, 5) is 24.1. The van der Waals surface area contributed by atoms with Gasteiger partial charge in [0.2, 0.25) is 11.3 Å². The molecule has 3 heterocycles. The van der Waals surface area contributed by atoms with Gasteiger partial charge in [-0.05, 0) is 12.1 Å². The van der Waals surface area contributed by atoms with Crippen molar-refractivity contribution >= 4 is 34.0 Å². The summed E-state index contributed by atoms with van der Waals surface area (Å²) < 4.78 is 35.0. The molecule has 12 nitrogen and oxygen atoms in total. The second kappa shape index (κ2) is 7.79. The largest absolute Gasteiger partial charge is 0.766 e. The molecular formula is C17H14N5O7S-. The summed E-state index contributed by atoms with van der Waals surface area (Å²) in [6, 6.07) is 7.64. The molecule has 156 valence electrons. The molecule has 0 amide bonds. The summed E-state index contributed by atoms with van der Waals surface area (Å²) in [6.45, 7) is 0. The first-order chi connectivity index (χ1) is 14.4. The minimum atomic E-state index is -3.10. The number of aliphatic hydroxyl groups excluding tert-OH is 2. The Labute approximate surface area is 170 Å². The molecule has 4 rings (SSSR count). The van der Waals surface area contributed by atoms with Crippen LogP contribution in [-0.4, -0.2) is 56.7 Å². The zero-order valence-electron chi connectivity index (χ0n) is 15.0. The predicted molar refractivity (Wildman–Crippen MR) is 99.7 cm³/mol. The summed E-state index contributed by atoms with van der Waals surface area (Å²) in [5.74, 6) is -1.53. The van der Waals surface area contributed by atoms with Gasteiger partial charge in [0.15, 0.2) is 17.2 Å². The fraction of sp³-hybridized carbons (Fsp3) is 0.176. The maximum absolute atomic E-state index is 12.3. The minimum Gasteiger partial charge on any atom is -0.766 e. The van der Waals surface area contributed by atoms with Crippen molar-refractivity contribution in [2.45, 2.75) is 18.4 Å². The molecule has 1 aliphatic heterocycles. The van der Waals surface area contributed by atoms with Gasteiger partial charge in [0.1, 0.15) is 30.4 Å². The fourth-order valence-corrected chi connectivity index (χ4v) is 3.39. The SMILES string of the molecule is Nc1ncnc2c1ncn2[C@@H]1OC(=C(OC(=O)c2ccccc2)S(=O)[O-])[C@@H](O)[C@H]1O. The topological polar surface area (TPSA) is 186 Å². The molecule has 0 spiro atoms. The van der Waals surface area contributed by atoms with Crippen LogP contribution in [-0.2, 0) is 20.6 Å². The van der Waals surface area contributed by atoms with E-state index < -0.39 is 46.3 Å². The zero-order valence-corrected chi connectivity index (χ0v) is 15.8. The van der Waals surface area contributed by atoms with E-state index in [1.54, 1.807) is 18.2 Å². The summed E-state index contributed by atoms with van der Waals surface area (Å²) in [7, 11) is 0. The summed E-state index contributed by atoms with van der Waals surface area (Å²) in [5.41, 5.74) is 6.22. The number of anilines is 1. The fourth-order valence-electron chi connectivity index (χ4n) is 2.91. The second-order valence-electron chi connectivity index (χ2n) is 6.17. The molecule has 1 aliphatic rings. The Bertz CT molecular complexity index is 1170. The number of ether oxygens (including phenoxy) is 2. The number of carbonyl (C=O) groups is 1. The highest BCUT2D eigenvalue weighted by atomic mass is 32.2. The number of imidazole rings is 1. The smallest absolute Gasteiger partial charge is 0.344 e. The van der Waals surface area contributed by atoms with Crippen molar-refractivity contribution in [3.8, 4) is 0 Å². The van der Waals surface area contributed by atoms with Crippen LogP contribution in [0.3, 0.4) is 0 Å². The van der Waals surface area contributed by atoms with Crippen LogP contribution >= 0.6 is 0 Å².